The van der Waals surface area contributed by atoms with Gasteiger partial charge in [-0.25, -0.2) is 4.98 Å². The molecule has 0 N–H and O–H groups in total. The first-order valence-electron chi connectivity index (χ1n) is 12.8. The fourth-order valence-corrected chi connectivity index (χ4v) is 6.21. The molecule has 8 aromatic rings. The van der Waals surface area contributed by atoms with Crippen molar-refractivity contribution >= 4 is 44.2 Å². The zero-order valence-electron chi connectivity index (χ0n) is 20.8. The average Bonchev–Trinajstić information content (AvgIpc) is 3.75. The molecule has 0 fully saturated rings. The summed E-state index contributed by atoms with van der Waals surface area (Å²) in [5.74, 6) is 0.620. The van der Waals surface area contributed by atoms with Gasteiger partial charge < -0.3 is 8.98 Å². The van der Waals surface area contributed by atoms with Crippen LogP contribution in [-0.4, -0.2) is 14.5 Å². The van der Waals surface area contributed by atoms with E-state index >= 15 is 0 Å². The number of hydrogen-bond donors (Lipinski definition) is 0. The molecule has 4 heterocycles. The Kier molecular flexibility index (Phi) is 4.96. The van der Waals surface area contributed by atoms with Gasteiger partial charge in [-0.05, 0) is 66.0 Å². The Morgan fingerprint density at radius 3 is 2.46 bits per heavy atom. The highest BCUT2D eigenvalue weighted by atomic mass is 32.1. The van der Waals surface area contributed by atoms with Crippen LogP contribution < -0.4 is 0 Å². The van der Waals surface area contributed by atoms with Crippen molar-refractivity contribution in [2.75, 3.05) is 0 Å². The maximum absolute atomic E-state index is 6.25. The molecule has 4 nitrogen and oxygen atoms in total. The van der Waals surface area contributed by atoms with Gasteiger partial charge >= 0.3 is 0 Å². The van der Waals surface area contributed by atoms with Crippen LogP contribution in [0.25, 0.3) is 71.7 Å². The van der Waals surface area contributed by atoms with Crippen LogP contribution in [0.1, 0.15) is 0 Å². The molecule has 184 valence electrons. The number of oxazole rings is 1. The smallest absolute Gasteiger partial charge is 0.227 e. The molecule has 0 aliphatic rings. The molecule has 0 unspecified atom stereocenters. The van der Waals surface area contributed by atoms with E-state index in [2.05, 4.69) is 87.7 Å². The lowest BCUT2D eigenvalue weighted by molar-refractivity contribution is 0.620. The summed E-state index contributed by atoms with van der Waals surface area (Å²) in [7, 11) is 0. The van der Waals surface area contributed by atoms with E-state index in [-0.39, 0.29) is 0 Å². The highest BCUT2D eigenvalue weighted by Crippen LogP contribution is 2.43. The predicted octanol–water partition coefficient (Wildman–Crippen LogP) is 9.38. The highest BCUT2D eigenvalue weighted by Gasteiger charge is 2.20. The van der Waals surface area contributed by atoms with Gasteiger partial charge in [-0.3, -0.25) is 4.98 Å². The van der Waals surface area contributed by atoms with E-state index in [0.717, 1.165) is 44.6 Å². The summed E-state index contributed by atoms with van der Waals surface area (Å²) in [6, 6.07) is 39.9. The number of hydrogen-bond acceptors (Lipinski definition) is 4. The van der Waals surface area contributed by atoms with E-state index in [1.54, 1.807) is 11.3 Å². The Hall–Kier alpha value is -5.00. The zero-order chi connectivity index (χ0) is 25.8. The van der Waals surface area contributed by atoms with E-state index in [0.29, 0.717) is 5.89 Å². The monoisotopic (exact) mass is 519 g/mol. The quantitative estimate of drug-likeness (QED) is 0.233. The molecule has 0 aliphatic heterocycles. The molecule has 5 heteroatoms. The molecule has 0 radical (unpaired) electrons. The van der Waals surface area contributed by atoms with Crippen molar-refractivity contribution in [2.45, 2.75) is 0 Å². The largest absolute Gasteiger partial charge is 0.436 e. The minimum absolute atomic E-state index is 0.620. The molecule has 0 bridgehead atoms. The minimum atomic E-state index is 0.620. The van der Waals surface area contributed by atoms with Crippen molar-refractivity contribution in [3.8, 4) is 38.8 Å². The van der Waals surface area contributed by atoms with Gasteiger partial charge in [0, 0.05) is 44.2 Å². The predicted molar refractivity (Wildman–Crippen MR) is 160 cm³/mol. The molecule has 8 rings (SSSR count). The molecular weight excluding hydrogens is 498 g/mol. The lowest BCUT2D eigenvalue weighted by Gasteiger charge is -2.11. The second-order valence-electron chi connectivity index (χ2n) is 9.50. The van der Waals surface area contributed by atoms with Crippen LogP contribution in [0, 0.1) is 0 Å². The first-order valence-corrected chi connectivity index (χ1v) is 13.7. The third-order valence-electron chi connectivity index (χ3n) is 7.17. The van der Waals surface area contributed by atoms with E-state index in [4.69, 9.17) is 9.40 Å². The Bertz CT molecular complexity index is 2090. The lowest BCUT2D eigenvalue weighted by atomic mass is 10.0. The van der Waals surface area contributed by atoms with Gasteiger partial charge in [0.25, 0.3) is 0 Å². The molecule has 0 saturated heterocycles. The summed E-state index contributed by atoms with van der Waals surface area (Å²) < 4.78 is 8.59. The molecule has 0 saturated carbocycles. The van der Waals surface area contributed by atoms with Gasteiger partial charge in [0.05, 0.1) is 16.7 Å². The fourth-order valence-electron chi connectivity index (χ4n) is 5.46. The SMILES string of the molecule is c1ccc(-c2cccc(-n3c4ccccc4c4c(-c5cccs5)cc(-c5nc6ccccc6o5)cc43)c2)nc1. The number of thiophene rings is 1. The van der Waals surface area contributed by atoms with Gasteiger partial charge in [-0.15, -0.1) is 11.3 Å². The van der Waals surface area contributed by atoms with Crippen LogP contribution in [0.5, 0.6) is 0 Å². The molecule has 4 aromatic heterocycles. The summed E-state index contributed by atoms with van der Waals surface area (Å²) in [6.45, 7) is 0. The van der Waals surface area contributed by atoms with Crippen LogP contribution in [0.15, 0.2) is 131 Å². The normalized spacial score (nSPS) is 11.6. The number of nitrogens with zero attached hydrogens (tertiary/aromatic N) is 3. The molecule has 4 aromatic carbocycles. The Morgan fingerprint density at radius 2 is 1.59 bits per heavy atom. The molecular formula is C34H21N3OS. The van der Waals surface area contributed by atoms with Crippen molar-refractivity contribution in [3.63, 3.8) is 0 Å². The first-order chi connectivity index (χ1) is 19.3. The van der Waals surface area contributed by atoms with E-state index in [1.165, 1.54) is 21.2 Å². The number of para-hydroxylation sites is 3. The summed E-state index contributed by atoms with van der Waals surface area (Å²) in [4.78, 5) is 10.6. The van der Waals surface area contributed by atoms with Gasteiger partial charge in [0.1, 0.15) is 5.52 Å². The van der Waals surface area contributed by atoms with Crippen LogP contribution >= 0.6 is 11.3 Å². The van der Waals surface area contributed by atoms with Crippen molar-refractivity contribution in [2.24, 2.45) is 0 Å². The Balaban J connectivity index is 1.46. The lowest BCUT2D eigenvalue weighted by Crippen LogP contribution is -1.95. The molecule has 0 atom stereocenters. The van der Waals surface area contributed by atoms with Crippen LogP contribution in [0.3, 0.4) is 0 Å². The van der Waals surface area contributed by atoms with Gasteiger partial charge in [-0.1, -0.05) is 54.6 Å². The topological polar surface area (TPSA) is 43.9 Å². The second kappa shape index (κ2) is 8.79. The summed E-state index contributed by atoms with van der Waals surface area (Å²) in [5, 5.41) is 4.56. The molecule has 39 heavy (non-hydrogen) atoms. The summed E-state index contributed by atoms with van der Waals surface area (Å²) in [6.07, 6.45) is 1.84. The van der Waals surface area contributed by atoms with Gasteiger partial charge in [0.15, 0.2) is 5.58 Å². The van der Waals surface area contributed by atoms with Gasteiger partial charge in [-0.2, -0.15) is 0 Å². The number of benzene rings is 4. The van der Waals surface area contributed by atoms with Crippen LogP contribution in [0.4, 0.5) is 0 Å². The number of fused-ring (bicyclic) bond motifs is 4. The van der Waals surface area contributed by atoms with Crippen molar-refractivity contribution in [1.29, 1.82) is 0 Å². The number of aromatic nitrogens is 3. The van der Waals surface area contributed by atoms with E-state index in [9.17, 15) is 0 Å². The van der Waals surface area contributed by atoms with Crippen molar-refractivity contribution < 1.29 is 4.42 Å². The zero-order valence-corrected chi connectivity index (χ0v) is 21.6. The number of rotatable bonds is 4. The fraction of sp³-hybridized carbons (Fsp3) is 0. The highest BCUT2D eigenvalue weighted by molar-refractivity contribution is 7.13. The maximum Gasteiger partial charge on any atom is 0.227 e. The average molecular weight is 520 g/mol. The summed E-state index contributed by atoms with van der Waals surface area (Å²) in [5.41, 5.74) is 9.14. The van der Waals surface area contributed by atoms with Crippen molar-refractivity contribution in [3.05, 3.63) is 127 Å². The van der Waals surface area contributed by atoms with Crippen LogP contribution in [0.2, 0.25) is 0 Å². The number of pyridine rings is 1. The maximum atomic E-state index is 6.25. The first kappa shape index (κ1) is 22.0. The van der Waals surface area contributed by atoms with E-state index in [1.807, 2.05) is 48.7 Å². The summed E-state index contributed by atoms with van der Waals surface area (Å²) >= 11 is 1.74. The van der Waals surface area contributed by atoms with Crippen molar-refractivity contribution in [1.82, 2.24) is 14.5 Å². The Morgan fingerprint density at radius 1 is 0.692 bits per heavy atom. The third kappa shape index (κ3) is 3.59. The van der Waals surface area contributed by atoms with E-state index < -0.39 is 0 Å². The molecule has 0 amide bonds. The van der Waals surface area contributed by atoms with Crippen LogP contribution in [-0.2, 0) is 0 Å². The standard InChI is InChI=1S/C34H21N3OS/c1-3-14-29-25(11-1)33-26(32-16-8-18-39-32)20-23(34-36-28-13-2-4-15-31(28)38-34)21-30(33)37(29)24-10-7-9-22(19-24)27-12-5-6-17-35-27/h1-21H. The minimum Gasteiger partial charge on any atom is -0.436 e. The molecule has 0 aliphatic carbocycles. The second-order valence-corrected chi connectivity index (χ2v) is 10.4. The van der Waals surface area contributed by atoms with Gasteiger partial charge in [0.2, 0.25) is 5.89 Å². The third-order valence-corrected chi connectivity index (χ3v) is 8.07. The molecule has 0 spiro atoms. The Labute approximate surface area is 228 Å².